The van der Waals surface area contributed by atoms with Gasteiger partial charge in [0, 0.05) is 86.1 Å². The van der Waals surface area contributed by atoms with Crippen LogP contribution in [0.3, 0.4) is 0 Å². The highest BCUT2D eigenvalue weighted by Gasteiger charge is 2.37. The first-order valence-corrected chi connectivity index (χ1v) is 32.2. The molecule has 4 nitrogen and oxygen atoms in total. The molecule has 2 aliphatic rings. The van der Waals surface area contributed by atoms with Crippen molar-refractivity contribution in [3.8, 4) is 78.1 Å². The Morgan fingerprint density at radius 2 is 0.679 bits per heavy atom. The van der Waals surface area contributed by atoms with Crippen LogP contribution in [0.1, 0.15) is 129 Å². The van der Waals surface area contributed by atoms with Gasteiger partial charge in [0.25, 0.3) is 0 Å². The number of benzene rings is 16. The number of hydrogen-bond donors (Lipinski definition) is 0. The van der Waals surface area contributed by atoms with Crippen LogP contribution in [-0.2, 0) is 10.8 Å². The van der Waals surface area contributed by atoms with Gasteiger partial charge in [-0.1, -0.05) is 282 Å². The summed E-state index contributed by atoms with van der Waals surface area (Å²) >= 11 is 0. The van der Waals surface area contributed by atoms with Crippen molar-refractivity contribution in [2.45, 2.75) is 38.4 Å². The van der Waals surface area contributed by atoms with Crippen LogP contribution < -0.4 is 9.80 Å². The maximum Gasteiger partial charge on any atom is 0.0651 e. The SMILES string of the molecule is [2H]c1c([2H])c([2H])c(-c2c([2H])c([2H])c(N(c3c([2H])c([2H])c([2H])c(-c4c([2H])c([2H])c5c(c4[2H])c4c([2H])c([2H])c([2H])c([2H])c4n5-c4c([2H])c([2H])c([2H])c([2H])c4[2H])c3[2H])c3c([2H])c([2H])c4c(c3[2H])C(C)(C([2H])([2H])[2H])c3c([2H])c([2H])c([2H])c([2H])c3-4)c([2H])c2[2H])c([2H])c1[2H].[2H]c1c([2H])c([2H])c(-c2c([2H])c([2H])c(N(c3c([2H])c([2H])c([2H])c(-c4ccc5c(c4)c4ccccc4n5-c4ccccc4)c3[2H])c3c([2H])c([2H])c4c(c3[2H])C(C)(C([2H])([2H])[2H])c3c([2H])c([2H])c([2H])c([2H])c3-4)c([2H])c2[2H])c([2H])c1[2H]. The van der Waals surface area contributed by atoms with Crippen LogP contribution in [0.5, 0.6) is 0 Å². The number of rotatable bonds is 12. The standard InChI is InChI=1S/2C51H38N2/c2*1-51(2)47-22-11-9-20-43(47)44-30-29-42(34-48(44)51)52(40-27-24-36(25-28-40)35-14-5-3-6-15-35)41-19-13-16-37(32-41)38-26-31-50-46(33-38)45-21-10-12-23-49(45)53(50)39-17-7-4-8-18-39/h2*3-34H,1-2H3/i1D3,3D,4D,5D,6D,7D,8D,9D,10D,11D,12D,13D,14D,15D,16D,17D,18D,19D,20D,21D,22D,23D,24D,25D,26D,27D,28D,29D,30D,31D,32D,33D,34D;1D3,3D,5D,6D,9D,11D,13D,14D,15D,16D,19D,20D,22D,24D,25D,27D,28D,29D,30D,32D,34D. The number of anilines is 6. The number of para-hydroxylation sites is 4. The molecule has 2 atom stereocenters. The lowest BCUT2D eigenvalue weighted by molar-refractivity contribution is 0.660. The quantitative estimate of drug-likeness (QED) is 0.121. The Kier molecular flexibility index (Phi) is 6.70. The molecule has 4 heteroatoms. The first-order chi connectivity index (χ1) is 76.3. The third kappa shape index (κ3) is 10.9. The second-order valence-electron chi connectivity index (χ2n) is 24.2. The van der Waals surface area contributed by atoms with Gasteiger partial charge in [0.2, 0.25) is 0 Å². The summed E-state index contributed by atoms with van der Waals surface area (Å²) in [6.45, 7) is -4.77. The first kappa shape index (κ1) is 27.4. The molecule has 0 saturated heterocycles. The highest BCUT2D eigenvalue weighted by atomic mass is 15.1. The normalized spacial score (nSPS) is 22.6. The van der Waals surface area contributed by atoms with Gasteiger partial charge < -0.3 is 18.9 Å². The van der Waals surface area contributed by atoms with Crippen LogP contribution in [0.15, 0.2) is 387 Å². The maximum absolute atomic E-state index is 10.1. The van der Waals surface area contributed by atoms with Crippen molar-refractivity contribution in [1.29, 1.82) is 0 Å². The second-order valence-corrected chi connectivity index (χ2v) is 24.2. The average molecular weight is 1420 g/mol. The van der Waals surface area contributed by atoms with Crippen molar-refractivity contribution in [2.24, 2.45) is 0 Å². The van der Waals surface area contributed by atoms with Gasteiger partial charge >= 0.3 is 0 Å². The van der Waals surface area contributed by atoms with E-state index in [1.807, 2.05) is 59.2 Å². The molecule has 20 rings (SSSR count). The van der Waals surface area contributed by atoms with Gasteiger partial charge in [0.15, 0.2) is 0 Å². The molecule has 16 aromatic carbocycles. The number of nitrogens with zero attached hydrogens (tertiary/aromatic N) is 4. The smallest absolute Gasteiger partial charge is 0.0651 e. The zero-order chi connectivity index (χ0) is 121. The Bertz CT molecular complexity index is 9810. The van der Waals surface area contributed by atoms with E-state index in [-0.39, 0.29) is 16.0 Å². The predicted molar refractivity (Wildman–Crippen MR) is 448 cm³/mol. The molecule has 2 heterocycles. The van der Waals surface area contributed by atoms with Crippen molar-refractivity contribution in [2.75, 3.05) is 9.80 Å². The minimum atomic E-state index is -3.47. The van der Waals surface area contributed by atoms with E-state index in [0.29, 0.717) is 20.4 Å². The lowest BCUT2D eigenvalue weighted by Gasteiger charge is -2.28. The molecule has 2 aromatic heterocycles. The van der Waals surface area contributed by atoms with E-state index in [2.05, 4.69) is 0 Å². The summed E-state index contributed by atoms with van der Waals surface area (Å²) in [5.41, 5.74) is -22.8. The predicted octanol–water partition coefficient (Wildman–Crippen LogP) is 27.8. The zero-order valence-corrected chi connectivity index (χ0v) is 54.7. The van der Waals surface area contributed by atoms with E-state index in [0.717, 1.165) is 30.4 Å². The van der Waals surface area contributed by atoms with Crippen molar-refractivity contribution in [3.63, 3.8) is 0 Å². The van der Waals surface area contributed by atoms with Gasteiger partial charge in [-0.3, -0.25) is 0 Å². The number of aromatic nitrogens is 2. The van der Waals surface area contributed by atoms with E-state index < -0.39 is 478 Å². The van der Waals surface area contributed by atoms with Gasteiger partial charge in [-0.15, -0.1) is 0 Å². The van der Waals surface area contributed by atoms with E-state index >= 15 is 0 Å². The lowest BCUT2D eigenvalue weighted by atomic mass is 9.82. The van der Waals surface area contributed by atoms with Crippen LogP contribution in [0.25, 0.3) is 122 Å². The average Bonchev–Trinajstić information content (AvgIpc) is 1.77. The topological polar surface area (TPSA) is 16.3 Å². The molecule has 2 aliphatic carbocycles. The van der Waals surface area contributed by atoms with E-state index in [4.69, 9.17) is 45.2 Å². The van der Waals surface area contributed by atoms with Crippen molar-refractivity contribution < 1.29 is 79.5 Å². The number of hydrogen-bond acceptors (Lipinski definition) is 2. The van der Waals surface area contributed by atoms with Crippen LogP contribution in [-0.4, -0.2) is 9.13 Å². The number of fused-ring (bicyclic) bond motifs is 12. The maximum atomic E-state index is 10.1. The van der Waals surface area contributed by atoms with E-state index in [1.165, 1.54) is 0 Å². The molecule has 0 bridgehead atoms. The largest absolute Gasteiger partial charge is 0.310 e. The summed E-state index contributed by atoms with van der Waals surface area (Å²) in [4.78, 5) is 0.825. The molecule has 0 radical (unpaired) electrons. The van der Waals surface area contributed by atoms with E-state index in [1.54, 1.807) is 18.2 Å². The van der Waals surface area contributed by atoms with Gasteiger partial charge in [0.1, 0.15) is 0 Å². The fourth-order valence-electron chi connectivity index (χ4n) is 13.0. The summed E-state index contributed by atoms with van der Waals surface area (Å²) in [6, 6.07) is -31.6. The van der Waals surface area contributed by atoms with Crippen LogP contribution in [0.4, 0.5) is 34.1 Å². The van der Waals surface area contributed by atoms with Crippen molar-refractivity contribution in [3.05, 3.63) is 409 Å². The Morgan fingerprint density at radius 3 is 1.26 bits per heavy atom. The van der Waals surface area contributed by atoms with Crippen molar-refractivity contribution >= 4 is 77.7 Å². The minimum Gasteiger partial charge on any atom is -0.310 e. The summed E-state index contributed by atoms with van der Waals surface area (Å²) in [6.07, 6.45) is 0. The van der Waals surface area contributed by atoms with Gasteiger partial charge in [0.05, 0.1) is 93.3 Å². The Labute approximate surface area is 701 Å². The highest BCUT2D eigenvalue weighted by molar-refractivity contribution is 6.12. The molecular formula is C102H76N4. The Hall–Kier alpha value is -13.3. The molecule has 2 unspecified atom stereocenters. The molecule has 18 aromatic rings. The third-order valence-corrected chi connectivity index (χ3v) is 17.9. The van der Waals surface area contributed by atoms with Crippen LogP contribution >= 0.6 is 0 Å². The van der Waals surface area contributed by atoms with Gasteiger partial charge in [-0.05, 0) is 222 Å². The summed E-state index contributed by atoms with van der Waals surface area (Å²) in [7, 11) is 0. The lowest BCUT2D eigenvalue weighted by Crippen LogP contribution is -2.16. The molecule has 0 saturated carbocycles. The van der Waals surface area contributed by atoms with Gasteiger partial charge in [-0.2, -0.15) is 0 Å². The Balaban J connectivity index is 0.000000204. The summed E-state index contributed by atoms with van der Waals surface area (Å²) < 4.78 is 529. The zero-order valence-electron chi connectivity index (χ0n) is 113. The van der Waals surface area contributed by atoms with Crippen LogP contribution in [0.2, 0.25) is 0 Å². The first-order valence-electron chi connectivity index (χ1n) is 61.2. The third-order valence-electron chi connectivity index (χ3n) is 17.9. The molecule has 0 spiro atoms. The van der Waals surface area contributed by atoms with Crippen molar-refractivity contribution in [1.82, 2.24) is 9.13 Å². The fraction of sp³-hybridized carbons (Fsp3) is 0.0588. The summed E-state index contributed by atoms with van der Waals surface area (Å²) in [5.74, 6) is 0. The van der Waals surface area contributed by atoms with E-state index in [9.17, 15) is 34.3 Å². The molecule has 0 N–H and O–H groups in total. The summed E-state index contributed by atoms with van der Waals surface area (Å²) in [5, 5.41) is -0.0654. The molecular weight excluding hydrogens is 1280 g/mol. The highest BCUT2D eigenvalue weighted by Crippen LogP contribution is 2.53. The molecule has 0 fully saturated rings. The second kappa shape index (κ2) is 25.9. The minimum absolute atomic E-state index is 0.130. The monoisotopic (exact) mass is 1410 g/mol. The molecule has 106 heavy (non-hydrogen) atoms. The van der Waals surface area contributed by atoms with Crippen LogP contribution in [0, 0.1) is 0 Å². The molecule has 504 valence electrons. The fourth-order valence-corrected chi connectivity index (χ4v) is 13.0. The van der Waals surface area contributed by atoms with Gasteiger partial charge in [-0.25, -0.2) is 0 Å². The molecule has 0 amide bonds. The molecule has 0 aliphatic heterocycles. The Morgan fingerprint density at radius 1 is 0.255 bits per heavy atom.